The highest BCUT2D eigenvalue weighted by Crippen LogP contribution is 2.15. The van der Waals surface area contributed by atoms with Crippen LogP contribution in [-0.4, -0.2) is 46.5 Å². The molecule has 2 heterocycles. The Morgan fingerprint density at radius 2 is 2.12 bits per heavy atom. The summed E-state index contributed by atoms with van der Waals surface area (Å²) in [4.78, 5) is 41.8. The molecule has 0 aliphatic carbocycles. The fourth-order valence-corrected chi connectivity index (χ4v) is 3.41. The maximum Gasteiger partial charge on any atom is 0.329 e. The van der Waals surface area contributed by atoms with Crippen LogP contribution < -0.4 is 16.6 Å². The highest BCUT2D eigenvalue weighted by atomic mass is 16.2. The third kappa shape index (κ3) is 3.99. The van der Waals surface area contributed by atoms with Crippen molar-refractivity contribution in [2.45, 2.75) is 26.3 Å². The number of nitrogens with zero attached hydrogens (tertiary/aromatic N) is 2. The number of hydrogen-bond donors (Lipinski definition) is 2. The third-order valence-corrected chi connectivity index (χ3v) is 4.83. The summed E-state index contributed by atoms with van der Waals surface area (Å²) in [6.07, 6.45) is 2.23. The number of piperidine rings is 1. The van der Waals surface area contributed by atoms with Gasteiger partial charge in [-0.3, -0.25) is 14.2 Å². The van der Waals surface area contributed by atoms with Gasteiger partial charge in [0.15, 0.2) is 0 Å². The Hall–Kier alpha value is -2.41. The number of carbonyl (C=O) groups is 1. The van der Waals surface area contributed by atoms with Crippen LogP contribution in [0.4, 0.5) is 0 Å². The van der Waals surface area contributed by atoms with E-state index in [9.17, 15) is 14.4 Å². The lowest BCUT2D eigenvalue weighted by atomic mass is 9.98. The molecule has 1 fully saturated rings. The van der Waals surface area contributed by atoms with Crippen molar-refractivity contribution in [2.24, 2.45) is 5.92 Å². The van der Waals surface area contributed by atoms with E-state index in [0.29, 0.717) is 23.4 Å². The quantitative estimate of drug-likeness (QED) is 0.829. The van der Waals surface area contributed by atoms with Gasteiger partial charge in [0.2, 0.25) is 5.91 Å². The van der Waals surface area contributed by atoms with Crippen LogP contribution in [0.1, 0.15) is 19.8 Å². The molecule has 7 nitrogen and oxygen atoms in total. The second-order valence-corrected chi connectivity index (χ2v) is 6.57. The highest BCUT2D eigenvalue weighted by molar-refractivity contribution is 5.78. The second-order valence-electron chi connectivity index (χ2n) is 6.57. The van der Waals surface area contributed by atoms with Gasteiger partial charge in [-0.05, 0) is 44.0 Å². The van der Waals surface area contributed by atoms with Crippen LogP contribution in [0.25, 0.3) is 10.9 Å². The molecule has 0 unspecified atom stereocenters. The van der Waals surface area contributed by atoms with Crippen molar-refractivity contribution in [3.05, 3.63) is 45.1 Å². The van der Waals surface area contributed by atoms with Gasteiger partial charge in [0.1, 0.15) is 6.54 Å². The molecule has 2 aromatic rings. The van der Waals surface area contributed by atoms with Crippen LogP contribution in [0.5, 0.6) is 0 Å². The molecule has 1 atom stereocenters. The molecule has 134 valence electrons. The van der Waals surface area contributed by atoms with E-state index >= 15 is 0 Å². The molecular formula is C18H24N4O3. The lowest BCUT2D eigenvalue weighted by Crippen LogP contribution is -2.44. The molecule has 1 amide bonds. The Labute approximate surface area is 145 Å². The van der Waals surface area contributed by atoms with Gasteiger partial charge in [-0.2, -0.15) is 0 Å². The molecule has 1 aliphatic heterocycles. The number of rotatable bonds is 5. The van der Waals surface area contributed by atoms with Crippen LogP contribution in [0, 0.1) is 5.92 Å². The van der Waals surface area contributed by atoms with E-state index in [1.165, 1.54) is 0 Å². The SMILES string of the molecule is CCN1CCC[C@@H](CNC(=O)Cn2c(=O)[nH]c3ccccc3c2=O)C1. The van der Waals surface area contributed by atoms with Crippen molar-refractivity contribution in [1.29, 1.82) is 0 Å². The number of fused-ring (bicyclic) bond motifs is 1. The first kappa shape index (κ1) is 17.4. The number of benzene rings is 1. The number of aromatic nitrogens is 2. The fourth-order valence-electron chi connectivity index (χ4n) is 3.41. The molecule has 1 aromatic carbocycles. The maximum absolute atomic E-state index is 12.4. The van der Waals surface area contributed by atoms with E-state index in [0.717, 1.165) is 37.0 Å². The summed E-state index contributed by atoms with van der Waals surface area (Å²) in [6.45, 7) is 5.57. The monoisotopic (exact) mass is 344 g/mol. The summed E-state index contributed by atoms with van der Waals surface area (Å²) in [6, 6.07) is 6.79. The first-order chi connectivity index (χ1) is 12.1. The van der Waals surface area contributed by atoms with Crippen molar-refractivity contribution in [3.8, 4) is 0 Å². The zero-order valence-electron chi connectivity index (χ0n) is 14.5. The molecule has 25 heavy (non-hydrogen) atoms. The van der Waals surface area contributed by atoms with Crippen molar-refractivity contribution in [1.82, 2.24) is 19.8 Å². The second kappa shape index (κ2) is 7.65. The van der Waals surface area contributed by atoms with E-state index in [4.69, 9.17) is 0 Å². The number of amides is 1. The van der Waals surface area contributed by atoms with Crippen LogP contribution in [0.15, 0.2) is 33.9 Å². The van der Waals surface area contributed by atoms with Crippen LogP contribution in [-0.2, 0) is 11.3 Å². The summed E-state index contributed by atoms with van der Waals surface area (Å²) >= 11 is 0. The number of para-hydroxylation sites is 1. The maximum atomic E-state index is 12.4. The standard InChI is InChI=1S/C18H24N4O3/c1-2-21-9-5-6-13(11-21)10-19-16(23)12-22-17(24)14-7-3-4-8-15(14)20-18(22)25/h3-4,7-8,13H,2,5-6,9-12H2,1H3,(H,19,23)(H,20,25)/t13-/m0/s1. The average molecular weight is 344 g/mol. The molecule has 1 saturated heterocycles. The minimum Gasteiger partial charge on any atom is -0.354 e. The smallest absolute Gasteiger partial charge is 0.329 e. The summed E-state index contributed by atoms with van der Waals surface area (Å²) in [5.74, 6) is 0.112. The lowest BCUT2D eigenvalue weighted by molar-refractivity contribution is -0.122. The van der Waals surface area contributed by atoms with E-state index in [2.05, 4.69) is 22.1 Å². The number of H-pyrrole nitrogens is 1. The van der Waals surface area contributed by atoms with Gasteiger partial charge >= 0.3 is 5.69 Å². The number of likely N-dealkylation sites (tertiary alicyclic amines) is 1. The molecule has 1 aliphatic rings. The average Bonchev–Trinajstić information content (AvgIpc) is 2.63. The first-order valence-electron chi connectivity index (χ1n) is 8.79. The Bertz CT molecular complexity index is 870. The normalized spacial score (nSPS) is 18.4. The molecule has 2 N–H and O–H groups in total. The predicted molar refractivity (Wildman–Crippen MR) is 96.7 cm³/mol. The minimum absolute atomic E-state index is 0.261. The van der Waals surface area contributed by atoms with Crippen molar-refractivity contribution in [3.63, 3.8) is 0 Å². The Morgan fingerprint density at radius 3 is 2.92 bits per heavy atom. The first-order valence-corrected chi connectivity index (χ1v) is 8.79. The molecule has 0 saturated carbocycles. The molecular weight excluding hydrogens is 320 g/mol. The van der Waals surface area contributed by atoms with E-state index in [1.807, 2.05) is 0 Å². The van der Waals surface area contributed by atoms with Crippen LogP contribution in [0.2, 0.25) is 0 Å². The van der Waals surface area contributed by atoms with Crippen molar-refractivity contribution >= 4 is 16.8 Å². The summed E-state index contributed by atoms with van der Waals surface area (Å²) in [5, 5.41) is 3.27. The Balaban J connectivity index is 1.66. The van der Waals surface area contributed by atoms with Crippen LogP contribution in [0.3, 0.4) is 0 Å². The largest absolute Gasteiger partial charge is 0.354 e. The molecule has 0 spiro atoms. The van der Waals surface area contributed by atoms with Gasteiger partial charge in [-0.25, -0.2) is 4.79 Å². The predicted octanol–water partition coefficient (Wildman–Crippen LogP) is 0.538. The molecule has 0 bridgehead atoms. The van der Waals surface area contributed by atoms with E-state index in [-0.39, 0.29) is 12.5 Å². The lowest BCUT2D eigenvalue weighted by Gasteiger charge is -2.31. The Morgan fingerprint density at radius 1 is 1.32 bits per heavy atom. The molecule has 3 rings (SSSR count). The topological polar surface area (TPSA) is 87.2 Å². The summed E-state index contributed by atoms with van der Waals surface area (Å²) in [7, 11) is 0. The van der Waals surface area contributed by atoms with Gasteiger partial charge in [-0.1, -0.05) is 19.1 Å². The number of carbonyl (C=O) groups excluding carboxylic acids is 1. The fraction of sp³-hybridized carbons (Fsp3) is 0.500. The van der Waals surface area contributed by atoms with E-state index in [1.54, 1.807) is 24.3 Å². The highest BCUT2D eigenvalue weighted by Gasteiger charge is 2.19. The van der Waals surface area contributed by atoms with E-state index < -0.39 is 11.2 Å². The zero-order valence-corrected chi connectivity index (χ0v) is 14.5. The summed E-state index contributed by atoms with van der Waals surface area (Å²) in [5.41, 5.74) is -0.519. The Kier molecular flexibility index (Phi) is 5.33. The molecule has 7 heteroatoms. The number of nitrogens with one attached hydrogen (secondary N) is 2. The number of aromatic amines is 1. The van der Waals surface area contributed by atoms with Crippen molar-refractivity contribution in [2.75, 3.05) is 26.2 Å². The van der Waals surface area contributed by atoms with Gasteiger partial charge in [0.05, 0.1) is 10.9 Å². The third-order valence-electron chi connectivity index (χ3n) is 4.83. The summed E-state index contributed by atoms with van der Waals surface area (Å²) < 4.78 is 0.955. The van der Waals surface area contributed by atoms with Gasteiger partial charge < -0.3 is 15.2 Å². The van der Waals surface area contributed by atoms with Crippen LogP contribution >= 0.6 is 0 Å². The van der Waals surface area contributed by atoms with Gasteiger partial charge in [-0.15, -0.1) is 0 Å². The molecule has 0 radical (unpaired) electrons. The van der Waals surface area contributed by atoms with Crippen molar-refractivity contribution < 1.29 is 4.79 Å². The minimum atomic E-state index is -0.561. The van der Waals surface area contributed by atoms with Gasteiger partial charge in [0.25, 0.3) is 5.56 Å². The number of hydrogen-bond acceptors (Lipinski definition) is 4. The molecule has 1 aromatic heterocycles. The van der Waals surface area contributed by atoms with Gasteiger partial charge in [0, 0.05) is 13.1 Å². The zero-order chi connectivity index (χ0) is 17.8.